The van der Waals surface area contributed by atoms with E-state index in [1.54, 1.807) is 13.2 Å². The lowest BCUT2D eigenvalue weighted by molar-refractivity contribution is -0.133. The van der Waals surface area contributed by atoms with Crippen molar-refractivity contribution in [2.75, 3.05) is 7.11 Å². The van der Waals surface area contributed by atoms with E-state index in [9.17, 15) is 9.59 Å². The number of methoxy groups -OCH3 is 1. The summed E-state index contributed by atoms with van der Waals surface area (Å²) in [6, 6.07) is 5.57. The van der Waals surface area contributed by atoms with Gasteiger partial charge in [0.1, 0.15) is 5.75 Å². The molecule has 2 amide bonds. The second-order valence-corrected chi connectivity index (χ2v) is 9.77. The average Bonchev–Trinajstić information content (AvgIpc) is 2.63. The van der Waals surface area contributed by atoms with Crippen LogP contribution in [0.1, 0.15) is 50.5 Å². The van der Waals surface area contributed by atoms with E-state index in [-0.39, 0.29) is 17.2 Å². The van der Waals surface area contributed by atoms with Crippen LogP contribution in [0.3, 0.4) is 0 Å². The molecular weight excluding hydrogens is 420 g/mol. The SMILES string of the molecule is COc1ccc(Br)cc1C=CC(=O)NNC(=O)CC12CC3CC(CC(C3)C1)C2. The summed E-state index contributed by atoms with van der Waals surface area (Å²) >= 11 is 3.41. The van der Waals surface area contributed by atoms with E-state index in [1.807, 2.05) is 18.2 Å². The molecule has 4 bridgehead atoms. The Morgan fingerprint density at radius 1 is 1.14 bits per heavy atom. The number of nitrogens with one attached hydrogen (secondary N) is 2. The van der Waals surface area contributed by atoms with Gasteiger partial charge in [0.15, 0.2) is 0 Å². The van der Waals surface area contributed by atoms with Gasteiger partial charge in [0, 0.05) is 22.5 Å². The Morgan fingerprint density at radius 3 is 2.39 bits per heavy atom. The molecule has 0 radical (unpaired) electrons. The molecule has 4 aliphatic rings. The minimum Gasteiger partial charge on any atom is -0.496 e. The molecular formula is C22H27BrN2O3. The maximum atomic E-state index is 12.5. The van der Waals surface area contributed by atoms with E-state index in [0.29, 0.717) is 12.2 Å². The number of hydrazine groups is 1. The number of hydrogen-bond donors (Lipinski definition) is 2. The predicted molar refractivity (Wildman–Crippen MR) is 111 cm³/mol. The number of amides is 2. The Hall–Kier alpha value is -1.82. The molecule has 4 saturated carbocycles. The first kappa shape index (κ1) is 19.5. The van der Waals surface area contributed by atoms with Crippen LogP contribution < -0.4 is 15.6 Å². The van der Waals surface area contributed by atoms with E-state index < -0.39 is 0 Å². The maximum Gasteiger partial charge on any atom is 0.262 e. The molecule has 1 aromatic rings. The van der Waals surface area contributed by atoms with Crippen LogP contribution in [0, 0.1) is 23.2 Å². The zero-order chi connectivity index (χ0) is 19.7. The fraction of sp³-hybridized carbons (Fsp3) is 0.545. The van der Waals surface area contributed by atoms with Crippen LogP contribution in [0.4, 0.5) is 0 Å². The Bertz CT molecular complexity index is 770. The summed E-state index contributed by atoms with van der Waals surface area (Å²) < 4.78 is 6.19. The number of rotatable bonds is 5. The van der Waals surface area contributed by atoms with Crippen molar-refractivity contribution in [3.05, 3.63) is 34.3 Å². The molecule has 0 heterocycles. The predicted octanol–water partition coefficient (Wildman–Crippen LogP) is 4.22. The van der Waals surface area contributed by atoms with Crippen molar-refractivity contribution in [3.63, 3.8) is 0 Å². The third-order valence-corrected chi connectivity index (χ3v) is 7.13. The number of halogens is 1. The van der Waals surface area contributed by atoms with Crippen molar-refractivity contribution in [3.8, 4) is 5.75 Å². The highest BCUT2D eigenvalue weighted by Gasteiger charge is 2.51. The largest absolute Gasteiger partial charge is 0.496 e. The summed E-state index contributed by atoms with van der Waals surface area (Å²) in [7, 11) is 1.59. The topological polar surface area (TPSA) is 67.4 Å². The fourth-order valence-electron chi connectivity index (χ4n) is 6.07. The Kier molecular flexibility index (Phi) is 5.50. The monoisotopic (exact) mass is 446 g/mol. The van der Waals surface area contributed by atoms with Crippen molar-refractivity contribution < 1.29 is 14.3 Å². The first-order chi connectivity index (χ1) is 13.4. The number of ether oxygens (including phenoxy) is 1. The molecule has 5 nitrogen and oxygen atoms in total. The van der Waals surface area contributed by atoms with Crippen LogP contribution >= 0.6 is 15.9 Å². The average molecular weight is 447 g/mol. The maximum absolute atomic E-state index is 12.5. The second kappa shape index (κ2) is 7.90. The molecule has 28 heavy (non-hydrogen) atoms. The first-order valence-corrected chi connectivity index (χ1v) is 10.8. The molecule has 4 aliphatic carbocycles. The lowest BCUT2D eigenvalue weighted by Gasteiger charge is -2.56. The summed E-state index contributed by atoms with van der Waals surface area (Å²) in [6.45, 7) is 0. The van der Waals surface area contributed by atoms with Crippen molar-refractivity contribution in [2.45, 2.75) is 44.9 Å². The van der Waals surface area contributed by atoms with Gasteiger partial charge in [-0.15, -0.1) is 0 Å². The minimum absolute atomic E-state index is 0.0799. The highest BCUT2D eigenvalue weighted by molar-refractivity contribution is 9.10. The van der Waals surface area contributed by atoms with Gasteiger partial charge in [-0.25, -0.2) is 0 Å². The Labute approximate surface area is 174 Å². The quantitative estimate of drug-likeness (QED) is 0.525. The van der Waals surface area contributed by atoms with Crippen LogP contribution in [0.5, 0.6) is 5.75 Å². The summed E-state index contributed by atoms with van der Waals surface area (Å²) in [5.74, 6) is 2.69. The molecule has 5 rings (SSSR count). The van der Waals surface area contributed by atoms with E-state index in [1.165, 1.54) is 44.6 Å². The third kappa shape index (κ3) is 4.27. The van der Waals surface area contributed by atoms with Crippen LogP contribution in [-0.2, 0) is 9.59 Å². The molecule has 0 aliphatic heterocycles. The van der Waals surface area contributed by atoms with Crippen LogP contribution in [0.2, 0.25) is 0 Å². The number of benzene rings is 1. The molecule has 6 heteroatoms. The van der Waals surface area contributed by atoms with Gasteiger partial charge in [-0.3, -0.25) is 20.4 Å². The summed E-state index contributed by atoms with van der Waals surface area (Å²) in [5, 5.41) is 0. The number of carbonyl (C=O) groups excluding carboxylic acids is 2. The van der Waals surface area contributed by atoms with Gasteiger partial charge >= 0.3 is 0 Å². The summed E-state index contributed by atoms with van der Waals surface area (Å²) in [5.41, 5.74) is 6.07. The van der Waals surface area contributed by atoms with Crippen molar-refractivity contribution in [2.24, 2.45) is 23.2 Å². The van der Waals surface area contributed by atoms with Gasteiger partial charge in [0.25, 0.3) is 5.91 Å². The molecule has 2 N–H and O–H groups in total. The standard InChI is InChI=1S/C22H27BrN2O3/c1-28-19-4-3-18(23)9-17(19)2-5-20(26)24-25-21(27)13-22-10-14-6-15(11-22)8-16(7-14)12-22/h2-5,9,14-16H,6-8,10-13H2,1H3,(H,24,26)(H,25,27). The third-order valence-electron chi connectivity index (χ3n) is 6.63. The zero-order valence-corrected chi connectivity index (χ0v) is 17.8. The summed E-state index contributed by atoms with van der Waals surface area (Å²) in [6.07, 6.45) is 11.2. The van der Waals surface area contributed by atoms with Gasteiger partial charge in [0.2, 0.25) is 5.91 Å². The molecule has 150 valence electrons. The lowest BCUT2D eigenvalue weighted by Crippen LogP contribution is -2.49. The van der Waals surface area contributed by atoms with E-state index in [4.69, 9.17) is 4.74 Å². The molecule has 1 aromatic carbocycles. The van der Waals surface area contributed by atoms with Crippen molar-refractivity contribution in [1.82, 2.24) is 10.9 Å². The van der Waals surface area contributed by atoms with Crippen LogP contribution in [0.25, 0.3) is 6.08 Å². The zero-order valence-electron chi connectivity index (χ0n) is 16.2. The van der Waals surface area contributed by atoms with Crippen LogP contribution in [-0.4, -0.2) is 18.9 Å². The van der Waals surface area contributed by atoms with E-state index in [0.717, 1.165) is 27.8 Å². The second-order valence-electron chi connectivity index (χ2n) is 8.85. The smallest absolute Gasteiger partial charge is 0.262 e. The van der Waals surface area contributed by atoms with E-state index in [2.05, 4.69) is 26.8 Å². The van der Waals surface area contributed by atoms with Gasteiger partial charge in [0.05, 0.1) is 7.11 Å². The van der Waals surface area contributed by atoms with Gasteiger partial charge < -0.3 is 4.74 Å². The number of carbonyl (C=O) groups is 2. The van der Waals surface area contributed by atoms with E-state index >= 15 is 0 Å². The molecule has 0 aromatic heterocycles. The van der Waals surface area contributed by atoms with Crippen molar-refractivity contribution >= 4 is 33.8 Å². The van der Waals surface area contributed by atoms with Gasteiger partial charge in [-0.1, -0.05) is 15.9 Å². The highest BCUT2D eigenvalue weighted by Crippen LogP contribution is 2.61. The number of hydrogen-bond acceptors (Lipinski definition) is 3. The van der Waals surface area contributed by atoms with Crippen LogP contribution in [0.15, 0.2) is 28.7 Å². The first-order valence-electron chi connectivity index (χ1n) is 10.1. The molecule has 0 saturated heterocycles. The molecule has 4 fully saturated rings. The molecule has 0 atom stereocenters. The minimum atomic E-state index is -0.360. The molecule has 0 spiro atoms. The normalized spacial score (nSPS) is 30.4. The fourth-order valence-corrected chi connectivity index (χ4v) is 6.44. The lowest BCUT2D eigenvalue weighted by atomic mass is 9.49. The van der Waals surface area contributed by atoms with Crippen molar-refractivity contribution in [1.29, 1.82) is 0 Å². The summed E-state index contributed by atoms with van der Waals surface area (Å²) in [4.78, 5) is 24.6. The Balaban J connectivity index is 1.29. The van der Waals surface area contributed by atoms with Gasteiger partial charge in [-0.05, 0) is 86.0 Å². The Morgan fingerprint density at radius 2 is 1.79 bits per heavy atom. The van der Waals surface area contributed by atoms with Gasteiger partial charge in [-0.2, -0.15) is 0 Å². The highest BCUT2D eigenvalue weighted by atomic mass is 79.9. The molecule has 0 unspecified atom stereocenters.